The van der Waals surface area contributed by atoms with E-state index in [1.165, 1.54) is 27.2 Å². The summed E-state index contributed by atoms with van der Waals surface area (Å²) < 4.78 is 27.2. The summed E-state index contributed by atoms with van der Waals surface area (Å²) in [5.74, 6) is 0.0113. The van der Waals surface area contributed by atoms with Gasteiger partial charge in [0, 0.05) is 36.4 Å². The summed E-state index contributed by atoms with van der Waals surface area (Å²) in [5.41, 5.74) is 2.00. The highest BCUT2D eigenvalue weighted by Crippen LogP contribution is 2.33. The molecule has 0 atom stereocenters. The van der Waals surface area contributed by atoms with Crippen molar-refractivity contribution in [1.82, 2.24) is 9.21 Å². The molecule has 2 aliphatic rings. The number of hydrogen-bond donors (Lipinski definition) is 0. The van der Waals surface area contributed by atoms with Gasteiger partial charge in [-0.25, -0.2) is 8.42 Å². The zero-order valence-corrected chi connectivity index (χ0v) is 18.3. The number of amides is 1. The van der Waals surface area contributed by atoms with E-state index in [4.69, 9.17) is 23.2 Å². The van der Waals surface area contributed by atoms with Crippen molar-refractivity contribution >= 4 is 50.5 Å². The molecular weight excluding hydrogens is 439 g/mol. The first-order valence-electron chi connectivity index (χ1n) is 9.22. The lowest BCUT2D eigenvalue weighted by molar-refractivity contribution is 0.0697. The van der Waals surface area contributed by atoms with Gasteiger partial charge in [-0.2, -0.15) is 4.31 Å². The van der Waals surface area contributed by atoms with Gasteiger partial charge in [0.15, 0.2) is 0 Å². The normalized spacial score (nSPS) is 18.1. The minimum atomic E-state index is -3.75. The molecule has 0 bridgehead atoms. The predicted octanol–water partition coefficient (Wildman–Crippen LogP) is 4.08. The fourth-order valence-corrected chi connectivity index (χ4v) is 7.08. The molecule has 0 radical (unpaired) electrons. The van der Waals surface area contributed by atoms with E-state index >= 15 is 0 Å². The van der Waals surface area contributed by atoms with Crippen molar-refractivity contribution in [2.45, 2.75) is 30.6 Å². The number of hydrogen-bond acceptors (Lipinski definition) is 4. The van der Waals surface area contributed by atoms with Gasteiger partial charge in [0.1, 0.15) is 4.90 Å². The summed E-state index contributed by atoms with van der Waals surface area (Å²) in [6.07, 6.45) is 4.32. The molecule has 28 heavy (non-hydrogen) atoms. The highest BCUT2D eigenvalue weighted by atomic mass is 35.5. The molecule has 1 aliphatic carbocycles. The Morgan fingerprint density at radius 2 is 1.75 bits per heavy atom. The van der Waals surface area contributed by atoms with Crippen LogP contribution in [0.4, 0.5) is 0 Å². The van der Waals surface area contributed by atoms with E-state index in [1.54, 1.807) is 28.4 Å². The van der Waals surface area contributed by atoms with Crippen LogP contribution in [-0.4, -0.2) is 49.7 Å². The van der Waals surface area contributed by atoms with Crippen LogP contribution in [0.1, 0.15) is 33.6 Å². The number of nitrogens with zero attached hydrogens (tertiary/aromatic N) is 2. The Hall–Kier alpha value is -1.12. The highest BCUT2D eigenvalue weighted by molar-refractivity contribution is 7.89. The first-order valence-corrected chi connectivity index (χ1v) is 12.3. The SMILES string of the molecule is O=C(c1csc2c1CCCC2)N1CCN(S(=O)(=O)c2cccc(Cl)c2Cl)CC1. The predicted molar refractivity (Wildman–Crippen MR) is 112 cm³/mol. The molecule has 0 N–H and O–H groups in total. The second-order valence-electron chi connectivity index (χ2n) is 7.01. The van der Waals surface area contributed by atoms with E-state index in [1.807, 2.05) is 5.38 Å². The third kappa shape index (κ3) is 3.59. The van der Waals surface area contributed by atoms with Gasteiger partial charge in [-0.15, -0.1) is 11.3 Å². The maximum Gasteiger partial charge on any atom is 0.255 e. The van der Waals surface area contributed by atoms with Crippen LogP contribution in [0.3, 0.4) is 0 Å². The van der Waals surface area contributed by atoms with E-state index < -0.39 is 10.0 Å². The zero-order valence-electron chi connectivity index (χ0n) is 15.2. The molecule has 0 spiro atoms. The molecule has 5 nitrogen and oxygen atoms in total. The van der Waals surface area contributed by atoms with Crippen LogP contribution in [0.15, 0.2) is 28.5 Å². The summed E-state index contributed by atoms with van der Waals surface area (Å²) in [4.78, 5) is 16.1. The smallest absolute Gasteiger partial charge is 0.255 e. The van der Waals surface area contributed by atoms with Gasteiger partial charge in [-0.1, -0.05) is 29.3 Å². The highest BCUT2D eigenvalue weighted by Gasteiger charge is 2.33. The second-order valence-corrected chi connectivity index (χ2v) is 10.7. The Morgan fingerprint density at radius 3 is 2.50 bits per heavy atom. The number of rotatable bonds is 3. The van der Waals surface area contributed by atoms with Crippen LogP contribution >= 0.6 is 34.5 Å². The van der Waals surface area contributed by atoms with Crippen molar-refractivity contribution < 1.29 is 13.2 Å². The van der Waals surface area contributed by atoms with Gasteiger partial charge in [0.2, 0.25) is 10.0 Å². The summed E-state index contributed by atoms with van der Waals surface area (Å²) >= 11 is 13.8. The minimum Gasteiger partial charge on any atom is -0.336 e. The number of fused-ring (bicyclic) bond motifs is 1. The number of piperazine rings is 1. The number of benzene rings is 1. The van der Waals surface area contributed by atoms with Crippen molar-refractivity contribution in [3.63, 3.8) is 0 Å². The third-order valence-corrected chi connectivity index (χ3v) is 9.31. The molecule has 1 aromatic heterocycles. The Labute approximate surface area is 178 Å². The van der Waals surface area contributed by atoms with Crippen molar-refractivity contribution in [2.75, 3.05) is 26.2 Å². The molecule has 1 amide bonds. The molecule has 0 unspecified atom stereocenters. The largest absolute Gasteiger partial charge is 0.336 e. The van der Waals surface area contributed by atoms with E-state index in [-0.39, 0.29) is 33.9 Å². The van der Waals surface area contributed by atoms with Crippen LogP contribution in [0.2, 0.25) is 10.0 Å². The van der Waals surface area contributed by atoms with Crippen LogP contribution in [0.25, 0.3) is 0 Å². The van der Waals surface area contributed by atoms with Gasteiger partial charge in [0.25, 0.3) is 5.91 Å². The number of aryl methyl sites for hydroxylation is 1. The third-order valence-electron chi connectivity index (χ3n) is 5.35. The second kappa shape index (κ2) is 7.95. The summed E-state index contributed by atoms with van der Waals surface area (Å²) in [6.45, 7) is 1.20. The topological polar surface area (TPSA) is 57.7 Å². The fourth-order valence-electron chi connectivity index (χ4n) is 3.80. The first-order chi connectivity index (χ1) is 13.4. The van der Waals surface area contributed by atoms with Gasteiger partial charge in [-0.05, 0) is 43.4 Å². The number of carbonyl (C=O) groups excluding carboxylic acids is 1. The van der Waals surface area contributed by atoms with E-state index in [0.717, 1.165) is 24.8 Å². The van der Waals surface area contributed by atoms with E-state index in [9.17, 15) is 13.2 Å². The van der Waals surface area contributed by atoms with E-state index in [2.05, 4.69) is 0 Å². The average Bonchev–Trinajstić information content (AvgIpc) is 3.13. The van der Waals surface area contributed by atoms with Crippen molar-refractivity contribution in [3.05, 3.63) is 49.6 Å². The molecule has 0 saturated carbocycles. The Kier molecular flexibility index (Phi) is 5.73. The fraction of sp³-hybridized carbons (Fsp3) is 0.421. The lowest BCUT2D eigenvalue weighted by atomic mass is 9.95. The maximum atomic E-state index is 13.0. The molecule has 1 fully saturated rings. The van der Waals surface area contributed by atoms with Gasteiger partial charge in [0.05, 0.1) is 15.6 Å². The van der Waals surface area contributed by atoms with Crippen LogP contribution in [0.5, 0.6) is 0 Å². The zero-order chi connectivity index (χ0) is 19.9. The molecule has 2 heterocycles. The quantitative estimate of drug-likeness (QED) is 0.695. The molecule has 1 saturated heterocycles. The van der Waals surface area contributed by atoms with Crippen molar-refractivity contribution in [2.24, 2.45) is 0 Å². The number of halogens is 2. The molecule has 1 aliphatic heterocycles. The lowest BCUT2D eigenvalue weighted by Crippen LogP contribution is -2.50. The Balaban J connectivity index is 1.48. The Bertz CT molecular complexity index is 1010. The van der Waals surface area contributed by atoms with Gasteiger partial charge >= 0.3 is 0 Å². The standard InChI is InChI=1S/C19H20Cl2N2O3S2/c20-15-5-3-7-17(18(15)21)28(25,26)23-10-8-22(9-11-23)19(24)14-12-27-16-6-2-1-4-13(14)16/h3,5,7,12H,1-2,4,6,8-11H2. The Morgan fingerprint density at radius 1 is 1.04 bits per heavy atom. The van der Waals surface area contributed by atoms with Crippen LogP contribution in [-0.2, 0) is 22.9 Å². The van der Waals surface area contributed by atoms with E-state index in [0.29, 0.717) is 13.1 Å². The number of carbonyl (C=O) groups is 1. The summed E-state index contributed by atoms with van der Waals surface area (Å²) in [6, 6.07) is 4.58. The lowest BCUT2D eigenvalue weighted by Gasteiger charge is -2.34. The monoisotopic (exact) mass is 458 g/mol. The molecule has 9 heteroatoms. The van der Waals surface area contributed by atoms with Gasteiger partial charge < -0.3 is 4.90 Å². The minimum absolute atomic E-state index is 0.00773. The van der Waals surface area contributed by atoms with Crippen LogP contribution in [0, 0.1) is 0 Å². The molecule has 2 aromatic rings. The molecule has 4 rings (SSSR count). The average molecular weight is 459 g/mol. The van der Waals surface area contributed by atoms with Crippen molar-refractivity contribution in [1.29, 1.82) is 0 Å². The van der Waals surface area contributed by atoms with Crippen LogP contribution < -0.4 is 0 Å². The van der Waals surface area contributed by atoms with Crippen molar-refractivity contribution in [3.8, 4) is 0 Å². The van der Waals surface area contributed by atoms with Gasteiger partial charge in [-0.3, -0.25) is 4.79 Å². The first kappa shape index (κ1) is 20.2. The summed E-state index contributed by atoms with van der Waals surface area (Å²) in [5, 5.41) is 2.21. The molecule has 1 aromatic carbocycles. The number of thiophene rings is 1. The molecular formula is C19H20Cl2N2O3S2. The maximum absolute atomic E-state index is 13.0. The summed E-state index contributed by atoms with van der Waals surface area (Å²) in [7, 11) is -3.75. The number of sulfonamides is 1. The molecule has 150 valence electrons.